The van der Waals surface area contributed by atoms with Gasteiger partial charge in [-0.2, -0.15) is 0 Å². The van der Waals surface area contributed by atoms with E-state index in [2.05, 4.69) is 0 Å². The summed E-state index contributed by atoms with van der Waals surface area (Å²) < 4.78 is 13.0. The quantitative estimate of drug-likeness (QED) is 0.805. The summed E-state index contributed by atoms with van der Waals surface area (Å²) in [6.45, 7) is 2.58. The summed E-state index contributed by atoms with van der Waals surface area (Å²) in [6.07, 6.45) is 0.223. The van der Waals surface area contributed by atoms with Crippen molar-refractivity contribution >= 4 is 23.5 Å². The number of carboxylic acid groups (broad SMARTS) is 1. The fourth-order valence-electron chi connectivity index (χ4n) is 2.66. The molecule has 0 saturated carbocycles. The zero-order valence-corrected chi connectivity index (χ0v) is 12.9. The van der Waals surface area contributed by atoms with Crippen LogP contribution in [-0.4, -0.2) is 47.4 Å². The van der Waals surface area contributed by atoms with E-state index in [0.717, 1.165) is 0 Å². The van der Waals surface area contributed by atoms with Gasteiger partial charge in [-0.1, -0.05) is 0 Å². The van der Waals surface area contributed by atoms with Gasteiger partial charge in [-0.25, -0.2) is 4.39 Å². The third kappa shape index (κ3) is 3.85. The van der Waals surface area contributed by atoms with Crippen LogP contribution in [0.2, 0.25) is 0 Å². The van der Waals surface area contributed by atoms with Crippen LogP contribution in [0.1, 0.15) is 19.8 Å². The molecule has 1 aliphatic rings. The Morgan fingerprint density at radius 1 is 1.35 bits per heavy atom. The van der Waals surface area contributed by atoms with Gasteiger partial charge in [0.05, 0.1) is 6.42 Å². The van der Waals surface area contributed by atoms with Gasteiger partial charge in [-0.05, 0) is 37.6 Å². The Morgan fingerprint density at radius 2 is 2.00 bits per heavy atom. The molecule has 0 aliphatic carbocycles. The first-order chi connectivity index (χ1) is 10.9. The normalized spacial score (nSPS) is 17.4. The van der Waals surface area contributed by atoms with Crippen molar-refractivity contribution in [2.75, 3.05) is 24.5 Å². The Labute approximate surface area is 133 Å². The Bertz CT molecular complexity index is 603. The smallest absolute Gasteiger partial charge is 0.305 e. The first-order valence-electron chi connectivity index (χ1n) is 7.51. The minimum atomic E-state index is -0.984. The van der Waals surface area contributed by atoms with Crippen LogP contribution in [0, 0.1) is 11.7 Å². The number of aliphatic carboxylic acids is 1. The van der Waals surface area contributed by atoms with E-state index >= 15 is 0 Å². The number of carboxylic acids is 1. The third-order valence-corrected chi connectivity index (χ3v) is 3.93. The minimum absolute atomic E-state index is 0.0883. The van der Waals surface area contributed by atoms with Gasteiger partial charge in [0, 0.05) is 25.3 Å². The second kappa shape index (κ2) is 7.21. The molecule has 1 saturated heterocycles. The van der Waals surface area contributed by atoms with Gasteiger partial charge in [-0.15, -0.1) is 0 Å². The number of carbonyl (C=O) groups is 3. The molecular formula is C16H19FN2O4. The van der Waals surface area contributed by atoms with Crippen molar-refractivity contribution < 1.29 is 23.9 Å². The molecule has 0 bridgehead atoms. The molecule has 2 rings (SSSR count). The molecule has 1 N–H and O–H groups in total. The number of nitrogens with zero attached hydrogens (tertiary/aromatic N) is 2. The van der Waals surface area contributed by atoms with Crippen molar-refractivity contribution in [3.63, 3.8) is 0 Å². The zero-order chi connectivity index (χ0) is 17.0. The maximum Gasteiger partial charge on any atom is 0.305 e. The number of halogens is 1. The van der Waals surface area contributed by atoms with Crippen LogP contribution in [0.3, 0.4) is 0 Å². The molecular weight excluding hydrogens is 303 g/mol. The Balaban J connectivity index is 2.06. The van der Waals surface area contributed by atoms with E-state index < -0.39 is 11.9 Å². The molecule has 1 heterocycles. The highest BCUT2D eigenvalue weighted by molar-refractivity contribution is 6.09. The van der Waals surface area contributed by atoms with Crippen molar-refractivity contribution in [1.82, 2.24) is 4.90 Å². The van der Waals surface area contributed by atoms with E-state index in [0.29, 0.717) is 25.2 Å². The minimum Gasteiger partial charge on any atom is -0.481 e. The molecule has 1 aliphatic heterocycles. The third-order valence-electron chi connectivity index (χ3n) is 3.93. The molecule has 124 valence electrons. The zero-order valence-electron chi connectivity index (χ0n) is 12.9. The van der Waals surface area contributed by atoms with Gasteiger partial charge in [0.15, 0.2) is 0 Å². The number of hydrogen-bond donors (Lipinski definition) is 1. The van der Waals surface area contributed by atoms with E-state index in [-0.39, 0.29) is 30.6 Å². The molecule has 0 spiro atoms. The van der Waals surface area contributed by atoms with Crippen molar-refractivity contribution in [3.05, 3.63) is 30.1 Å². The van der Waals surface area contributed by atoms with Crippen molar-refractivity contribution in [2.24, 2.45) is 5.92 Å². The van der Waals surface area contributed by atoms with E-state index in [4.69, 9.17) is 5.11 Å². The topological polar surface area (TPSA) is 77.9 Å². The van der Waals surface area contributed by atoms with Crippen LogP contribution in [-0.2, 0) is 14.4 Å². The number of carbonyl (C=O) groups excluding carboxylic acids is 2. The molecule has 0 radical (unpaired) electrons. The first kappa shape index (κ1) is 16.9. The number of rotatable bonds is 6. The monoisotopic (exact) mass is 322 g/mol. The van der Waals surface area contributed by atoms with Crippen molar-refractivity contribution in [1.29, 1.82) is 0 Å². The maximum absolute atomic E-state index is 13.0. The lowest BCUT2D eigenvalue weighted by Gasteiger charge is -2.23. The standard InChI is InChI=1S/C16H19FN2O4/c1-2-18(9-8-14(20)21)15(22)13-7-10-19(16(13)23)12-5-3-11(17)4-6-12/h3-6,13H,2,7-10H2,1H3,(H,20,21). The predicted octanol–water partition coefficient (Wildman–Crippen LogP) is 1.50. The molecule has 23 heavy (non-hydrogen) atoms. The summed E-state index contributed by atoms with van der Waals surface area (Å²) in [5, 5.41) is 8.73. The highest BCUT2D eigenvalue weighted by Gasteiger charge is 2.39. The van der Waals surface area contributed by atoms with Crippen LogP contribution in [0.25, 0.3) is 0 Å². The van der Waals surface area contributed by atoms with E-state index in [1.807, 2.05) is 0 Å². The molecule has 1 aromatic carbocycles. The Morgan fingerprint density at radius 3 is 2.57 bits per heavy atom. The lowest BCUT2D eigenvalue weighted by Crippen LogP contribution is -2.41. The summed E-state index contributed by atoms with van der Waals surface area (Å²) >= 11 is 0. The fourth-order valence-corrected chi connectivity index (χ4v) is 2.66. The average molecular weight is 322 g/mol. The van der Waals surface area contributed by atoms with Gasteiger partial charge in [0.25, 0.3) is 0 Å². The summed E-state index contributed by atoms with van der Waals surface area (Å²) in [4.78, 5) is 38.4. The Hall–Kier alpha value is -2.44. The summed E-state index contributed by atoms with van der Waals surface area (Å²) in [5.41, 5.74) is 0.556. The van der Waals surface area contributed by atoms with Crippen LogP contribution >= 0.6 is 0 Å². The highest BCUT2D eigenvalue weighted by atomic mass is 19.1. The van der Waals surface area contributed by atoms with Gasteiger partial charge in [-0.3, -0.25) is 14.4 Å². The number of hydrogen-bond acceptors (Lipinski definition) is 3. The summed E-state index contributed by atoms with van der Waals surface area (Å²) in [7, 11) is 0. The Kier molecular flexibility index (Phi) is 5.31. The van der Waals surface area contributed by atoms with Crippen LogP contribution in [0.5, 0.6) is 0 Å². The molecule has 0 aromatic heterocycles. The maximum atomic E-state index is 13.0. The SMILES string of the molecule is CCN(CCC(=O)O)C(=O)C1CCN(c2ccc(F)cc2)C1=O. The highest BCUT2D eigenvalue weighted by Crippen LogP contribution is 2.26. The molecule has 2 amide bonds. The van der Waals surface area contributed by atoms with Crippen LogP contribution in [0.15, 0.2) is 24.3 Å². The van der Waals surface area contributed by atoms with Crippen LogP contribution < -0.4 is 4.90 Å². The molecule has 1 aromatic rings. The van der Waals surface area contributed by atoms with E-state index in [1.165, 1.54) is 34.1 Å². The lowest BCUT2D eigenvalue weighted by atomic mass is 10.1. The molecule has 6 nitrogen and oxygen atoms in total. The largest absolute Gasteiger partial charge is 0.481 e. The summed E-state index contributed by atoms with van der Waals surface area (Å²) in [6, 6.07) is 5.54. The predicted molar refractivity (Wildman–Crippen MR) is 81.4 cm³/mol. The van der Waals surface area contributed by atoms with Gasteiger partial charge < -0.3 is 14.9 Å². The molecule has 1 fully saturated rings. The van der Waals surface area contributed by atoms with Gasteiger partial charge in [0.2, 0.25) is 11.8 Å². The van der Waals surface area contributed by atoms with Gasteiger partial charge in [0.1, 0.15) is 11.7 Å². The second-order valence-corrected chi connectivity index (χ2v) is 5.37. The molecule has 1 atom stereocenters. The fraction of sp³-hybridized carbons (Fsp3) is 0.438. The number of anilines is 1. The van der Waals surface area contributed by atoms with E-state index in [9.17, 15) is 18.8 Å². The molecule has 7 heteroatoms. The summed E-state index contributed by atoms with van der Waals surface area (Å²) in [5.74, 6) is -2.84. The number of amides is 2. The van der Waals surface area contributed by atoms with Crippen molar-refractivity contribution in [3.8, 4) is 0 Å². The lowest BCUT2D eigenvalue weighted by molar-refractivity contribution is -0.141. The van der Waals surface area contributed by atoms with Gasteiger partial charge >= 0.3 is 5.97 Å². The molecule has 1 unspecified atom stereocenters. The van der Waals surface area contributed by atoms with Crippen LogP contribution in [0.4, 0.5) is 10.1 Å². The average Bonchev–Trinajstić information content (AvgIpc) is 2.90. The van der Waals surface area contributed by atoms with E-state index in [1.54, 1.807) is 6.92 Å². The number of benzene rings is 1. The first-order valence-corrected chi connectivity index (χ1v) is 7.51. The van der Waals surface area contributed by atoms with Crippen molar-refractivity contribution in [2.45, 2.75) is 19.8 Å². The second-order valence-electron chi connectivity index (χ2n) is 5.37.